The predicted molar refractivity (Wildman–Crippen MR) is 46.9 cm³/mol. The van der Waals surface area contributed by atoms with Gasteiger partial charge in [-0.25, -0.2) is 0 Å². The van der Waals surface area contributed by atoms with E-state index >= 15 is 0 Å². The van der Waals surface area contributed by atoms with E-state index in [2.05, 4.69) is 11.2 Å². The Bertz CT molecular complexity index is 248. The number of benzene rings is 1. The summed E-state index contributed by atoms with van der Waals surface area (Å²) in [5.41, 5.74) is 6.40. The fourth-order valence-corrected chi connectivity index (χ4v) is 0.756. The summed E-state index contributed by atoms with van der Waals surface area (Å²) in [7, 11) is 0. The van der Waals surface area contributed by atoms with Gasteiger partial charge in [0.1, 0.15) is 6.17 Å². The first-order valence-corrected chi connectivity index (χ1v) is 3.36. The number of hydrogen-bond donors (Lipinski definition) is 2. The number of nitrogens with one attached hydrogen (secondary N) is 1. The Labute approximate surface area is 66.4 Å². The second-order valence-corrected chi connectivity index (χ2v) is 2.15. The highest BCUT2D eigenvalue weighted by Crippen LogP contribution is 2.04. The first kappa shape index (κ1) is 7.64. The maximum atomic E-state index is 5.46. The van der Waals surface area contributed by atoms with Crippen molar-refractivity contribution in [1.82, 2.24) is 0 Å². The van der Waals surface area contributed by atoms with Crippen LogP contribution in [0, 0.1) is 12.3 Å². The summed E-state index contributed by atoms with van der Waals surface area (Å²) >= 11 is 0. The predicted octanol–water partition coefficient (Wildman–Crippen LogP) is 1.02. The number of para-hydroxylation sites is 1. The minimum Gasteiger partial charge on any atom is -0.360 e. The Morgan fingerprint density at radius 2 is 2.00 bits per heavy atom. The quantitative estimate of drug-likeness (QED) is 0.483. The van der Waals surface area contributed by atoms with Crippen LogP contribution in [0.1, 0.15) is 0 Å². The molecule has 0 aromatic heterocycles. The van der Waals surface area contributed by atoms with Crippen LogP contribution in [0.25, 0.3) is 0 Å². The molecule has 0 saturated heterocycles. The number of rotatable bonds is 2. The van der Waals surface area contributed by atoms with Crippen molar-refractivity contribution in [2.45, 2.75) is 6.17 Å². The smallest absolute Gasteiger partial charge is 0.138 e. The van der Waals surface area contributed by atoms with Crippen molar-refractivity contribution in [1.29, 1.82) is 0 Å². The highest BCUT2D eigenvalue weighted by Gasteiger charge is 1.93. The molecule has 0 amide bonds. The third-order valence-electron chi connectivity index (χ3n) is 1.28. The molecule has 0 spiro atoms. The molecule has 1 aromatic carbocycles. The standard InChI is InChI=1S/C9H10N2/c1-2-9(10)11-8-6-4-3-5-7-8/h1,3-7,9,11H,10H2. The lowest BCUT2D eigenvalue weighted by molar-refractivity contribution is 0.977. The van der Waals surface area contributed by atoms with Crippen LogP contribution in [-0.2, 0) is 0 Å². The molecule has 0 aliphatic rings. The molecule has 0 aliphatic heterocycles. The Hall–Kier alpha value is -1.46. The largest absolute Gasteiger partial charge is 0.360 e. The van der Waals surface area contributed by atoms with E-state index in [1.54, 1.807) is 0 Å². The Kier molecular flexibility index (Phi) is 2.53. The normalized spacial score (nSPS) is 11.6. The van der Waals surface area contributed by atoms with Gasteiger partial charge in [0.05, 0.1) is 0 Å². The maximum absolute atomic E-state index is 5.46. The fourth-order valence-electron chi connectivity index (χ4n) is 0.756. The van der Waals surface area contributed by atoms with Gasteiger partial charge in [-0.15, -0.1) is 6.42 Å². The van der Waals surface area contributed by atoms with E-state index < -0.39 is 6.17 Å². The summed E-state index contributed by atoms with van der Waals surface area (Å²) in [6.07, 6.45) is 4.68. The highest BCUT2D eigenvalue weighted by atomic mass is 15.0. The molecule has 11 heavy (non-hydrogen) atoms. The second kappa shape index (κ2) is 3.65. The lowest BCUT2D eigenvalue weighted by atomic mass is 10.3. The molecule has 0 fully saturated rings. The summed E-state index contributed by atoms with van der Waals surface area (Å²) in [5, 5.41) is 2.93. The van der Waals surface area contributed by atoms with Crippen molar-refractivity contribution in [3.8, 4) is 12.3 Å². The minimum atomic E-state index is -0.405. The van der Waals surface area contributed by atoms with Gasteiger partial charge in [-0.3, -0.25) is 0 Å². The first-order valence-electron chi connectivity index (χ1n) is 3.36. The van der Waals surface area contributed by atoms with Gasteiger partial charge in [-0.2, -0.15) is 0 Å². The molecule has 56 valence electrons. The van der Waals surface area contributed by atoms with Gasteiger partial charge in [-0.05, 0) is 12.1 Å². The average Bonchev–Trinajstić information content (AvgIpc) is 2.06. The van der Waals surface area contributed by atoms with Gasteiger partial charge < -0.3 is 11.1 Å². The first-order chi connectivity index (χ1) is 5.33. The molecule has 0 aliphatic carbocycles. The molecule has 0 saturated carbocycles. The molecule has 1 unspecified atom stereocenters. The third-order valence-corrected chi connectivity index (χ3v) is 1.28. The third kappa shape index (κ3) is 2.32. The van der Waals surface area contributed by atoms with Gasteiger partial charge in [0.15, 0.2) is 0 Å². The van der Waals surface area contributed by atoms with E-state index in [4.69, 9.17) is 12.2 Å². The van der Waals surface area contributed by atoms with Gasteiger partial charge in [0.25, 0.3) is 0 Å². The number of nitrogens with two attached hydrogens (primary N) is 1. The van der Waals surface area contributed by atoms with Crippen molar-refractivity contribution < 1.29 is 0 Å². The van der Waals surface area contributed by atoms with E-state index in [0.29, 0.717) is 0 Å². The molecule has 0 heterocycles. The Morgan fingerprint density at radius 3 is 2.55 bits per heavy atom. The molecule has 1 atom stereocenters. The molecule has 0 radical (unpaired) electrons. The SMILES string of the molecule is C#CC(N)Nc1ccccc1. The lowest BCUT2D eigenvalue weighted by Crippen LogP contribution is -2.27. The summed E-state index contributed by atoms with van der Waals surface area (Å²) < 4.78 is 0. The zero-order valence-corrected chi connectivity index (χ0v) is 6.12. The van der Waals surface area contributed by atoms with E-state index in [1.807, 2.05) is 30.3 Å². The Balaban J connectivity index is 2.60. The molecule has 2 heteroatoms. The zero-order valence-electron chi connectivity index (χ0n) is 6.12. The maximum Gasteiger partial charge on any atom is 0.138 e. The molecule has 1 rings (SSSR count). The van der Waals surface area contributed by atoms with E-state index in [9.17, 15) is 0 Å². The number of terminal acetylenes is 1. The molecular weight excluding hydrogens is 136 g/mol. The highest BCUT2D eigenvalue weighted by molar-refractivity contribution is 5.44. The molecular formula is C9H10N2. The topological polar surface area (TPSA) is 38.0 Å². The van der Waals surface area contributed by atoms with Gasteiger partial charge in [0.2, 0.25) is 0 Å². The molecule has 0 bridgehead atoms. The average molecular weight is 146 g/mol. The molecule has 1 aromatic rings. The fraction of sp³-hybridized carbons (Fsp3) is 0.111. The summed E-state index contributed by atoms with van der Waals surface area (Å²) in [6.45, 7) is 0. The van der Waals surface area contributed by atoms with Crippen molar-refractivity contribution >= 4 is 5.69 Å². The van der Waals surface area contributed by atoms with Crippen LogP contribution in [0.4, 0.5) is 5.69 Å². The Morgan fingerprint density at radius 1 is 1.36 bits per heavy atom. The van der Waals surface area contributed by atoms with E-state index in [0.717, 1.165) is 5.69 Å². The van der Waals surface area contributed by atoms with Gasteiger partial charge in [0, 0.05) is 5.69 Å². The van der Waals surface area contributed by atoms with Crippen LogP contribution >= 0.6 is 0 Å². The van der Waals surface area contributed by atoms with Crippen molar-refractivity contribution in [2.24, 2.45) is 5.73 Å². The zero-order chi connectivity index (χ0) is 8.10. The monoisotopic (exact) mass is 146 g/mol. The van der Waals surface area contributed by atoms with Crippen LogP contribution < -0.4 is 11.1 Å². The van der Waals surface area contributed by atoms with Crippen LogP contribution in [0.15, 0.2) is 30.3 Å². The lowest BCUT2D eigenvalue weighted by Gasteiger charge is -2.07. The van der Waals surface area contributed by atoms with Crippen molar-refractivity contribution in [3.05, 3.63) is 30.3 Å². The summed E-state index contributed by atoms with van der Waals surface area (Å²) in [5.74, 6) is 2.38. The van der Waals surface area contributed by atoms with Gasteiger partial charge in [-0.1, -0.05) is 24.1 Å². The summed E-state index contributed by atoms with van der Waals surface area (Å²) in [6, 6.07) is 9.61. The van der Waals surface area contributed by atoms with Crippen LogP contribution in [0.5, 0.6) is 0 Å². The number of anilines is 1. The van der Waals surface area contributed by atoms with E-state index in [1.165, 1.54) is 0 Å². The molecule has 3 N–H and O–H groups in total. The second-order valence-electron chi connectivity index (χ2n) is 2.15. The van der Waals surface area contributed by atoms with Gasteiger partial charge >= 0.3 is 0 Å². The number of hydrogen-bond acceptors (Lipinski definition) is 2. The van der Waals surface area contributed by atoms with Crippen LogP contribution in [0.3, 0.4) is 0 Å². The van der Waals surface area contributed by atoms with Crippen molar-refractivity contribution in [3.63, 3.8) is 0 Å². The van der Waals surface area contributed by atoms with Crippen LogP contribution in [-0.4, -0.2) is 6.17 Å². The van der Waals surface area contributed by atoms with Crippen LogP contribution in [0.2, 0.25) is 0 Å². The minimum absolute atomic E-state index is 0.405. The summed E-state index contributed by atoms with van der Waals surface area (Å²) in [4.78, 5) is 0. The molecule has 2 nitrogen and oxygen atoms in total. The van der Waals surface area contributed by atoms with E-state index in [-0.39, 0.29) is 0 Å². The van der Waals surface area contributed by atoms with Crippen molar-refractivity contribution in [2.75, 3.05) is 5.32 Å².